The molecule has 11 aromatic rings. The predicted molar refractivity (Wildman–Crippen MR) is 238 cm³/mol. The molecule has 0 fully saturated rings. The van der Waals surface area contributed by atoms with Crippen LogP contribution in [-0.2, 0) is 5.41 Å². The zero-order chi connectivity index (χ0) is 37.1. The molecule has 0 N–H and O–H groups in total. The monoisotopic (exact) mass is 712 g/mol. The second-order valence-corrected chi connectivity index (χ2v) is 16.0. The average Bonchev–Trinajstić information content (AvgIpc) is 3.74. The molecule has 0 unspecified atom stereocenters. The van der Waals surface area contributed by atoms with Gasteiger partial charge >= 0.3 is 0 Å². The molecule has 1 aromatic heterocycles. The van der Waals surface area contributed by atoms with Crippen molar-refractivity contribution in [3.05, 3.63) is 193 Å². The Balaban J connectivity index is 0.989. The van der Waals surface area contributed by atoms with Gasteiger partial charge in [0.2, 0.25) is 0 Å². The second kappa shape index (κ2) is 11.5. The third-order valence-corrected chi connectivity index (χ3v) is 12.7. The number of hydrogen-bond donors (Lipinski definition) is 0. The van der Waals surface area contributed by atoms with Crippen LogP contribution in [0.4, 0.5) is 0 Å². The largest absolute Gasteiger partial charge is 0.456 e. The van der Waals surface area contributed by atoms with E-state index in [1.807, 2.05) is 6.07 Å². The minimum absolute atomic E-state index is 0.133. The van der Waals surface area contributed by atoms with Crippen LogP contribution in [0, 0.1) is 0 Å². The first-order valence-electron chi connectivity index (χ1n) is 19.6. The van der Waals surface area contributed by atoms with Crippen molar-refractivity contribution >= 4 is 65.0 Å². The molecule has 0 bridgehead atoms. The fourth-order valence-electron chi connectivity index (χ4n) is 10.0. The van der Waals surface area contributed by atoms with Crippen molar-refractivity contribution in [3.8, 4) is 44.5 Å². The van der Waals surface area contributed by atoms with E-state index >= 15 is 0 Å². The highest BCUT2D eigenvalue weighted by atomic mass is 16.3. The summed E-state index contributed by atoms with van der Waals surface area (Å²) in [5, 5.41) is 12.5. The first kappa shape index (κ1) is 31.4. The van der Waals surface area contributed by atoms with Crippen LogP contribution in [0.5, 0.6) is 0 Å². The Bertz CT molecular complexity index is 3370. The molecular weight excluding hydrogens is 677 g/mol. The fraction of sp³-hybridized carbons (Fsp3) is 0.0545. The van der Waals surface area contributed by atoms with Gasteiger partial charge in [-0.15, -0.1) is 0 Å². The maximum Gasteiger partial charge on any atom is 0.136 e. The van der Waals surface area contributed by atoms with E-state index in [0.717, 1.165) is 11.2 Å². The van der Waals surface area contributed by atoms with E-state index in [4.69, 9.17) is 4.42 Å². The quantitative estimate of drug-likeness (QED) is 0.166. The predicted octanol–water partition coefficient (Wildman–Crippen LogP) is 15.5. The van der Waals surface area contributed by atoms with Gasteiger partial charge in [0.15, 0.2) is 0 Å². The zero-order valence-corrected chi connectivity index (χ0v) is 31.2. The molecule has 1 heterocycles. The van der Waals surface area contributed by atoms with Crippen LogP contribution >= 0.6 is 0 Å². The minimum atomic E-state index is -0.133. The minimum Gasteiger partial charge on any atom is -0.456 e. The first-order valence-corrected chi connectivity index (χ1v) is 19.6. The summed E-state index contributed by atoms with van der Waals surface area (Å²) in [6.45, 7) is 4.75. The molecule has 0 amide bonds. The van der Waals surface area contributed by atoms with E-state index in [-0.39, 0.29) is 5.41 Å². The third-order valence-electron chi connectivity index (χ3n) is 12.7. The van der Waals surface area contributed by atoms with Crippen LogP contribution in [0.25, 0.3) is 110 Å². The van der Waals surface area contributed by atoms with Gasteiger partial charge in [0, 0.05) is 16.2 Å². The Hall–Kier alpha value is -6.96. The Kier molecular flexibility index (Phi) is 6.46. The molecule has 0 radical (unpaired) electrons. The molecule has 0 aliphatic heterocycles. The summed E-state index contributed by atoms with van der Waals surface area (Å²) in [6.07, 6.45) is 0. The van der Waals surface area contributed by atoms with Gasteiger partial charge in [-0.1, -0.05) is 172 Å². The second-order valence-electron chi connectivity index (χ2n) is 16.0. The standard InChI is InChI=1S/C55H36O/c1-55(2)47-30-28-44-43(29-31-50-54(44)46-19-9-10-21-49(46)56-50)53(47)45-27-26-36(32-48(45)55)33-22-24-35(25-23-33)51-39-15-5-7-17-41(39)52(42-18-8-6-16-40(42)51)38-20-11-13-34-12-3-4-14-37(34)38/h3-32H,1-2H3. The number of furan rings is 1. The molecule has 10 aromatic carbocycles. The lowest BCUT2D eigenvalue weighted by molar-refractivity contribution is 0.661. The summed E-state index contributed by atoms with van der Waals surface area (Å²) in [7, 11) is 0. The van der Waals surface area contributed by atoms with Gasteiger partial charge in [-0.3, -0.25) is 0 Å². The topological polar surface area (TPSA) is 13.1 Å². The van der Waals surface area contributed by atoms with E-state index in [0.29, 0.717) is 0 Å². The summed E-state index contributed by atoms with van der Waals surface area (Å²) in [6, 6.07) is 67.1. The number of fused-ring (bicyclic) bond motifs is 12. The summed E-state index contributed by atoms with van der Waals surface area (Å²) in [5.74, 6) is 0. The maximum absolute atomic E-state index is 6.27. The molecule has 262 valence electrons. The van der Waals surface area contributed by atoms with Crippen molar-refractivity contribution in [1.29, 1.82) is 0 Å². The van der Waals surface area contributed by atoms with Crippen LogP contribution in [-0.4, -0.2) is 0 Å². The van der Waals surface area contributed by atoms with Crippen LogP contribution in [0.3, 0.4) is 0 Å². The van der Waals surface area contributed by atoms with Crippen molar-refractivity contribution < 1.29 is 4.42 Å². The molecule has 1 aliphatic rings. The Labute approximate surface area is 325 Å². The summed E-state index contributed by atoms with van der Waals surface area (Å²) in [5.41, 5.74) is 14.7. The van der Waals surface area contributed by atoms with Gasteiger partial charge in [-0.25, -0.2) is 0 Å². The molecule has 1 aliphatic carbocycles. The van der Waals surface area contributed by atoms with Gasteiger partial charge in [0.1, 0.15) is 11.2 Å². The Morgan fingerprint density at radius 1 is 0.339 bits per heavy atom. The molecular formula is C55H36O. The highest BCUT2D eigenvalue weighted by Crippen LogP contribution is 2.53. The molecule has 56 heavy (non-hydrogen) atoms. The van der Waals surface area contributed by atoms with Crippen LogP contribution in [0.15, 0.2) is 186 Å². The van der Waals surface area contributed by atoms with E-state index in [9.17, 15) is 0 Å². The number of hydrogen-bond acceptors (Lipinski definition) is 1. The van der Waals surface area contributed by atoms with Crippen molar-refractivity contribution in [2.24, 2.45) is 0 Å². The fourth-order valence-corrected chi connectivity index (χ4v) is 10.0. The number of benzene rings is 10. The van der Waals surface area contributed by atoms with Gasteiger partial charge in [-0.05, 0) is 123 Å². The number of para-hydroxylation sites is 1. The van der Waals surface area contributed by atoms with E-state index < -0.39 is 0 Å². The van der Waals surface area contributed by atoms with Crippen molar-refractivity contribution in [1.82, 2.24) is 0 Å². The SMILES string of the molecule is CC1(C)c2cc(-c3ccc(-c4c5ccccc5c(-c5cccc6ccccc56)c5ccccc45)cc3)ccc2-c2c1ccc1c2ccc2oc3ccccc3c21. The van der Waals surface area contributed by atoms with E-state index in [1.165, 1.54) is 109 Å². The summed E-state index contributed by atoms with van der Waals surface area (Å²) >= 11 is 0. The van der Waals surface area contributed by atoms with Gasteiger partial charge in [0.05, 0.1) is 0 Å². The zero-order valence-electron chi connectivity index (χ0n) is 31.2. The Morgan fingerprint density at radius 2 is 0.911 bits per heavy atom. The van der Waals surface area contributed by atoms with E-state index in [1.54, 1.807) is 0 Å². The van der Waals surface area contributed by atoms with Crippen LogP contribution < -0.4 is 0 Å². The van der Waals surface area contributed by atoms with Gasteiger partial charge in [-0.2, -0.15) is 0 Å². The lowest BCUT2D eigenvalue weighted by atomic mass is 9.81. The number of rotatable bonds is 3. The molecule has 0 atom stereocenters. The molecule has 0 saturated heterocycles. The molecule has 1 heteroatoms. The van der Waals surface area contributed by atoms with Gasteiger partial charge in [0.25, 0.3) is 0 Å². The van der Waals surface area contributed by atoms with Crippen molar-refractivity contribution in [3.63, 3.8) is 0 Å². The summed E-state index contributed by atoms with van der Waals surface area (Å²) < 4.78 is 6.27. The smallest absolute Gasteiger partial charge is 0.136 e. The van der Waals surface area contributed by atoms with E-state index in [2.05, 4.69) is 190 Å². The maximum atomic E-state index is 6.27. The van der Waals surface area contributed by atoms with Crippen molar-refractivity contribution in [2.75, 3.05) is 0 Å². The van der Waals surface area contributed by atoms with Crippen molar-refractivity contribution in [2.45, 2.75) is 19.3 Å². The molecule has 1 nitrogen and oxygen atoms in total. The van der Waals surface area contributed by atoms with Crippen LogP contribution in [0.2, 0.25) is 0 Å². The van der Waals surface area contributed by atoms with Crippen LogP contribution in [0.1, 0.15) is 25.0 Å². The molecule has 12 rings (SSSR count). The Morgan fingerprint density at radius 3 is 1.66 bits per heavy atom. The molecule has 0 spiro atoms. The first-order chi connectivity index (χ1) is 27.5. The highest BCUT2D eigenvalue weighted by Gasteiger charge is 2.37. The summed E-state index contributed by atoms with van der Waals surface area (Å²) in [4.78, 5) is 0. The lowest BCUT2D eigenvalue weighted by Crippen LogP contribution is -2.15. The lowest BCUT2D eigenvalue weighted by Gasteiger charge is -2.22. The highest BCUT2D eigenvalue weighted by molar-refractivity contribution is 6.24. The van der Waals surface area contributed by atoms with Gasteiger partial charge < -0.3 is 4.42 Å². The third kappa shape index (κ3) is 4.31. The molecule has 0 saturated carbocycles. The average molecular weight is 713 g/mol. The normalized spacial score (nSPS) is 13.3.